The van der Waals surface area contributed by atoms with Gasteiger partial charge >= 0.3 is 0 Å². The van der Waals surface area contributed by atoms with Crippen LogP contribution in [-0.2, 0) is 6.54 Å². The molecule has 5 nitrogen and oxygen atoms in total. The van der Waals surface area contributed by atoms with Gasteiger partial charge in [0.1, 0.15) is 10.6 Å². The number of halogens is 1. The van der Waals surface area contributed by atoms with Crippen LogP contribution in [0.1, 0.15) is 16.1 Å². The van der Waals surface area contributed by atoms with Crippen molar-refractivity contribution in [3.05, 3.63) is 87.7 Å². The van der Waals surface area contributed by atoms with Crippen molar-refractivity contribution in [1.29, 1.82) is 0 Å². The first-order valence-corrected chi connectivity index (χ1v) is 10.2. The first kappa shape index (κ1) is 18.4. The van der Waals surface area contributed by atoms with Crippen LogP contribution in [0.15, 0.2) is 65.0 Å². The highest BCUT2D eigenvalue weighted by Crippen LogP contribution is 2.30. The number of rotatable bonds is 4. The summed E-state index contributed by atoms with van der Waals surface area (Å²) >= 11 is 1.35. The molecule has 30 heavy (non-hydrogen) atoms. The first-order chi connectivity index (χ1) is 14.5. The van der Waals surface area contributed by atoms with E-state index in [9.17, 15) is 14.0 Å². The van der Waals surface area contributed by atoms with E-state index in [1.165, 1.54) is 34.4 Å². The smallest absolute Gasteiger partial charge is 0.263 e. The van der Waals surface area contributed by atoms with Crippen molar-refractivity contribution in [2.45, 2.75) is 13.5 Å². The number of para-hydroxylation sites is 1. The van der Waals surface area contributed by atoms with Gasteiger partial charge in [-0.2, -0.15) is 0 Å². The molecule has 2 aromatic carbocycles. The number of nitrogens with zero attached hydrogens (tertiary/aromatic N) is 2. The third-order valence-corrected chi connectivity index (χ3v) is 6.09. The van der Waals surface area contributed by atoms with Gasteiger partial charge in [-0.1, -0.05) is 30.3 Å². The molecule has 5 rings (SSSR count). The molecule has 0 fully saturated rings. The number of Topliss-reactive ketones (excluding diaryl/α,β-unsaturated/α-hetero) is 1. The summed E-state index contributed by atoms with van der Waals surface area (Å²) in [5.41, 5.74) is 3.38. The molecule has 0 radical (unpaired) electrons. The summed E-state index contributed by atoms with van der Waals surface area (Å²) < 4.78 is 14.6. The van der Waals surface area contributed by atoms with E-state index < -0.39 is 0 Å². The van der Waals surface area contributed by atoms with Gasteiger partial charge in [-0.25, -0.2) is 9.37 Å². The van der Waals surface area contributed by atoms with Gasteiger partial charge in [-0.3, -0.25) is 14.2 Å². The molecule has 0 aliphatic rings. The molecule has 0 saturated heterocycles. The molecule has 1 N–H and O–H groups in total. The lowest BCUT2D eigenvalue weighted by atomic mass is 10.1. The average Bonchev–Trinajstić information content (AvgIpc) is 3.31. The maximum Gasteiger partial charge on any atom is 0.263 e. The number of hydrogen-bond donors (Lipinski definition) is 1. The van der Waals surface area contributed by atoms with Crippen molar-refractivity contribution in [3.8, 4) is 11.1 Å². The predicted octanol–water partition coefficient (Wildman–Crippen LogP) is 4.94. The number of H-pyrrole nitrogens is 1. The van der Waals surface area contributed by atoms with E-state index in [-0.39, 0.29) is 23.7 Å². The molecule has 0 unspecified atom stereocenters. The Hall–Kier alpha value is -3.58. The molecule has 5 aromatic rings. The highest BCUT2D eigenvalue weighted by atomic mass is 32.1. The quantitative estimate of drug-likeness (QED) is 0.421. The van der Waals surface area contributed by atoms with E-state index in [0.717, 1.165) is 22.2 Å². The summed E-state index contributed by atoms with van der Waals surface area (Å²) in [5.74, 6) is -0.500. The summed E-state index contributed by atoms with van der Waals surface area (Å²) in [6.07, 6.45) is 1.41. The highest BCUT2D eigenvalue weighted by molar-refractivity contribution is 7.17. The van der Waals surface area contributed by atoms with Crippen LogP contribution in [0.25, 0.3) is 32.2 Å². The standard InChI is InChI=1S/C23H16FN3O2S/c1-13-20(16-4-2-3-5-18(16)26-13)19(28)10-27-12-25-22-21(23(27)29)17(11-30-22)14-6-8-15(24)9-7-14/h2-9,11-12,26H,10H2,1H3. The summed E-state index contributed by atoms with van der Waals surface area (Å²) in [5, 5.41) is 3.12. The lowest BCUT2D eigenvalue weighted by Crippen LogP contribution is -2.24. The zero-order chi connectivity index (χ0) is 20.8. The molecular formula is C23H16FN3O2S. The fourth-order valence-electron chi connectivity index (χ4n) is 3.79. The van der Waals surface area contributed by atoms with Crippen molar-refractivity contribution >= 4 is 38.2 Å². The Morgan fingerprint density at radius 1 is 1.17 bits per heavy atom. The van der Waals surface area contributed by atoms with Gasteiger partial charge in [0.2, 0.25) is 0 Å². The SMILES string of the molecule is Cc1[nH]c2ccccc2c1C(=O)Cn1cnc2scc(-c3ccc(F)cc3)c2c1=O. The van der Waals surface area contributed by atoms with E-state index >= 15 is 0 Å². The van der Waals surface area contributed by atoms with Gasteiger partial charge in [0.25, 0.3) is 5.56 Å². The molecule has 0 saturated carbocycles. The van der Waals surface area contributed by atoms with Gasteiger partial charge in [-0.15, -0.1) is 11.3 Å². The van der Waals surface area contributed by atoms with Crippen molar-refractivity contribution < 1.29 is 9.18 Å². The van der Waals surface area contributed by atoms with Crippen LogP contribution in [0.5, 0.6) is 0 Å². The molecule has 148 valence electrons. The van der Waals surface area contributed by atoms with Crippen LogP contribution < -0.4 is 5.56 Å². The third kappa shape index (κ3) is 2.95. The van der Waals surface area contributed by atoms with Gasteiger partial charge in [-0.05, 0) is 30.7 Å². The summed E-state index contributed by atoms with van der Waals surface area (Å²) in [7, 11) is 0. The molecule has 0 bridgehead atoms. The Labute approximate surface area is 174 Å². The minimum atomic E-state index is -0.339. The molecule has 0 atom stereocenters. The number of ketones is 1. The zero-order valence-corrected chi connectivity index (χ0v) is 16.8. The number of carbonyl (C=O) groups excluding carboxylic acids is 1. The Balaban J connectivity index is 1.58. The summed E-state index contributed by atoms with van der Waals surface area (Å²) in [4.78, 5) is 34.5. The molecule has 0 aliphatic carbocycles. The fraction of sp³-hybridized carbons (Fsp3) is 0.0870. The van der Waals surface area contributed by atoms with Crippen molar-refractivity contribution in [1.82, 2.24) is 14.5 Å². The van der Waals surface area contributed by atoms with E-state index in [4.69, 9.17) is 0 Å². The number of carbonyl (C=O) groups is 1. The first-order valence-electron chi connectivity index (χ1n) is 9.36. The number of hydrogen-bond acceptors (Lipinski definition) is 4. The van der Waals surface area contributed by atoms with Gasteiger partial charge in [0.15, 0.2) is 5.78 Å². The maximum absolute atomic E-state index is 13.3. The van der Waals surface area contributed by atoms with Crippen LogP contribution in [0.3, 0.4) is 0 Å². The maximum atomic E-state index is 13.3. The second-order valence-corrected chi connectivity index (χ2v) is 7.97. The van der Waals surface area contributed by atoms with Crippen LogP contribution in [0, 0.1) is 12.7 Å². The Kier molecular flexibility index (Phi) is 4.33. The van der Waals surface area contributed by atoms with Crippen LogP contribution in [-0.4, -0.2) is 20.3 Å². The van der Waals surface area contributed by atoms with Crippen LogP contribution in [0.2, 0.25) is 0 Å². The second-order valence-electron chi connectivity index (χ2n) is 7.11. The van der Waals surface area contributed by atoms with Gasteiger partial charge in [0, 0.05) is 33.1 Å². The normalized spacial score (nSPS) is 11.4. The molecule has 7 heteroatoms. The van der Waals surface area contributed by atoms with Crippen LogP contribution >= 0.6 is 11.3 Å². The molecule has 3 heterocycles. The van der Waals surface area contributed by atoms with Crippen molar-refractivity contribution in [2.75, 3.05) is 0 Å². The minimum Gasteiger partial charge on any atom is -0.358 e. The van der Waals surface area contributed by atoms with E-state index in [1.807, 2.05) is 36.6 Å². The number of aryl methyl sites for hydroxylation is 1. The van der Waals surface area contributed by atoms with Gasteiger partial charge < -0.3 is 4.98 Å². The lowest BCUT2D eigenvalue weighted by molar-refractivity contribution is 0.0971. The highest BCUT2D eigenvalue weighted by Gasteiger charge is 2.19. The van der Waals surface area contributed by atoms with E-state index in [0.29, 0.717) is 21.3 Å². The Morgan fingerprint density at radius 3 is 2.73 bits per heavy atom. The predicted molar refractivity (Wildman–Crippen MR) is 117 cm³/mol. The fourth-order valence-corrected chi connectivity index (χ4v) is 4.70. The molecular weight excluding hydrogens is 401 g/mol. The molecule has 0 amide bonds. The minimum absolute atomic E-state index is 0.108. The number of thiophene rings is 1. The van der Waals surface area contributed by atoms with E-state index in [2.05, 4.69) is 9.97 Å². The number of fused-ring (bicyclic) bond motifs is 2. The number of aromatic nitrogens is 3. The molecule has 3 aromatic heterocycles. The van der Waals surface area contributed by atoms with Gasteiger partial charge in [0.05, 0.1) is 18.3 Å². The largest absolute Gasteiger partial charge is 0.358 e. The molecule has 0 spiro atoms. The third-order valence-electron chi connectivity index (χ3n) is 5.20. The summed E-state index contributed by atoms with van der Waals surface area (Å²) in [6.45, 7) is 1.74. The Morgan fingerprint density at radius 2 is 1.93 bits per heavy atom. The monoisotopic (exact) mass is 417 g/mol. The van der Waals surface area contributed by atoms with Crippen molar-refractivity contribution in [2.24, 2.45) is 0 Å². The lowest BCUT2D eigenvalue weighted by Gasteiger charge is -2.06. The van der Waals surface area contributed by atoms with Crippen LogP contribution in [0.4, 0.5) is 4.39 Å². The van der Waals surface area contributed by atoms with Crippen molar-refractivity contribution in [3.63, 3.8) is 0 Å². The topological polar surface area (TPSA) is 67.8 Å². The number of nitrogens with one attached hydrogen (secondary N) is 1. The average molecular weight is 417 g/mol. The van der Waals surface area contributed by atoms with E-state index in [1.54, 1.807) is 12.1 Å². The summed E-state index contributed by atoms with van der Waals surface area (Å²) in [6, 6.07) is 13.6. The zero-order valence-electron chi connectivity index (χ0n) is 16.0. The number of benzene rings is 2. The molecule has 0 aliphatic heterocycles. The number of aromatic amines is 1. The Bertz CT molecular complexity index is 1480. The second kappa shape index (κ2) is 7.03.